The molecule has 10 heteroatoms. The smallest absolute Gasteiger partial charge is 0.280 e. The highest BCUT2D eigenvalue weighted by atomic mass is 32.2. The number of nitrogens with zero attached hydrogens (tertiary/aromatic N) is 2. The normalized spacial score (nSPS) is 11.5. The molecule has 1 amide bonds. The molecule has 0 radical (unpaired) electrons. The van der Waals surface area contributed by atoms with E-state index in [-0.39, 0.29) is 16.8 Å². The minimum Gasteiger partial charge on any atom is -0.284 e. The molecule has 0 saturated heterocycles. The molecule has 0 unspecified atom stereocenters. The number of rotatable bonds is 5. The van der Waals surface area contributed by atoms with Crippen molar-refractivity contribution in [3.8, 4) is 0 Å². The van der Waals surface area contributed by atoms with Crippen molar-refractivity contribution in [2.45, 2.75) is 13.3 Å². The molecular formula is C16H16N4O4S2. The number of aromatic nitrogens is 2. The summed E-state index contributed by atoms with van der Waals surface area (Å²) < 4.78 is 25.9. The van der Waals surface area contributed by atoms with Gasteiger partial charge in [0.15, 0.2) is 0 Å². The zero-order valence-electron chi connectivity index (χ0n) is 14.0. The van der Waals surface area contributed by atoms with Gasteiger partial charge in [-0.25, -0.2) is 18.1 Å². The molecule has 3 aromatic rings. The van der Waals surface area contributed by atoms with Crippen LogP contribution < -0.4 is 15.7 Å². The lowest BCUT2D eigenvalue weighted by Crippen LogP contribution is -2.33. The van der Waals surface area contributed by atoms with Gasteiger partial charge in [-0.15, -0.1) is 11.3 Å². The Morgan fingerprint density at radius 1 is 1.31 bits per heavy atom. The predicted octanol–water partition coefficient (Wildman–Crippen LogP) is 1.78. The third kappa shape index (κ3) is 3.92. The van der Waals surface area contributed by atoms with Gasteiger partial charge in [0.1, 0.15) is 11.2 Å². The van der Waals surface area contributed by atoms with Crippen LogP contribution in [0.2, 0.25) is 0 Å². The number of hydrogen-bond donors (Lipinski definition) is 2. The molecule has 0 atom stereocenters. The Morgan fingerprint density at radius 3 is 2.77 bits per heavy atom. The Balaban J connectivity index is 1.88. The van der Waals surface area contributed by atoms with Gasteiger partial charge >= 0.3 is 0 Å². The Morgan fingerprint density at radius 2 is 2.08 bits per heavy atom. The van der Waals surface area contributed by atoms with E-state index >= 15 is 0 Å². The van der Waals surface area contributed by atoms with Crippen LogP contribution in [-0.2, 0) is 16.4 Å². The Hall–Kier alpha value is -2.72. The first-order valence-corrected chi connectivity index (χ1v) is 10.4. The van der Waals surface area contributed by atoms with Gasteiger partial charge in [-0.2, -0.15) is 0 Å². The van der Waals surface area contributed by atoms with Gasteiger partial charge < -0.3 is 0 Å². The average molecular weight is 392 g/mol. The van der Waals surface area contributed by atoms with E-state index in [2.05, 4.69) is 15.1 Å². The number of sulfonamides is 1. The van der Waals surface area contributed by atoms with E-state index < -0.39 is 15.9 Å². The van der Waals surface area contributed by atoms with Crippen LogP contribution in [0.25, 0.3) is 10.2 Å². The number of benzene rings is 1. The molecule has 136 valence electrons. The van der Waals surface area contributed by atoms with Crippen LogP contribution in [0.3, 0.4) is 0 Å². The number of fused-ring (bicyclic) bond motifs is 1. The fourth-order valence-corrected chi connectivity index (χ4v) is 3.82. The highest BCUT2D eigenvalue weighted by Gasteiger charge is 2.12. The van der Waals surface area contributed by atoms with Crippen molar-refractivity contribution in [2.24, 2.45) is 0 Å². The molecular weight excluding hydrogens is 376 g/mol. The number of hydrogen-bond acceptors (Lipinski definition) is 6. The molecule has 2 aromatic heterocycles. The van der Waals surface area contributed by atoms with Crippen molar-refractivity contribution < 1.29 is 13.2 Å². The molecule has 0 aliphatic rings. The molecule has 2 N–H and O–H groups in total. The number of nitrogens with one attached hydrogen (secondary N) is 2. The topological polar surface area (TPSA) is 110 Å². The Kier molecular flexibility index (Phi) is 4.79. The highest BCUT2D eigenvalue weighted by Crippen LogP contribution is 2.20. The number of carbonyl (C=O) groups excluding carboxylic acids is 1. The first kappa shape index (κ1) is 18.1. The molecule has 0 aliphatic carbocycles. The third-order valence-corrected chi connectivity index (χ3v) is 5.30. The van der Waals surface area contributed by atoms with Gasteiger partial charge in [0.05, 0.1) is 11.6 Å². The van der Waals surface area contributed by atoms with Crippen LogP contribution in [-0.4, -0.2) is 30.2 Å². The first-order valence-electron chi connectivity index (χ1n) is 7.66. The monoisotopic (exact) mass is 392 g/mol. The van der Waals surface area contributed by atoms with E-state index in [0.717, 1.165) is 22.2 Å². The summed E-state index contributed by atoms with van der Waals surface area (Å²) in [7, 11) is -3.46. The van der Waals surface area contributed by atoms with E-state index in [9.17, 15) is 18.0 Å². The lowest BCUT2D eigenvalue weighted by Gasteiger charge is -2.09. The predicted molar refractivity (Wildman–Crippen MR) is 102 cm³/mol. The molecule has 26 heavy (non-hydrogen) atoms. The number of carbonyl (C=O) groups is 1. The molecule has 3 rings (SSSR count). The van der Waals surface area contributed by atoms with Crippen LogP contribution in [0.15, 0.2) is 41.5 Å². The Bertz CT molecular complexity index is 1150. The maximum Gasteiger partial charge on any atom is 0.280 e. The van der Waals surface area contributed by atoms with Crippen molar-refractivity contribution in [3.05, 3.63) is 57.5 Å². The minimum absolute atomic E-state index is 0.199. The first-order chi connectivity index (χ1) is 12.3. The molecule has 0 fully saturated rings. The van der Waals surface area contributed by atoms with Crippen LogP contribution in [0.5, 0.6) is 0 Å². The number of anilines is 1. The van der Waals surface area contributed by atoms with Crippen molar-refractivity contribution in [3.63, 3.8) is 0 Å². The van der Waals surface area contributed by atoms with E-state index in [1.54, 1.807) is 12.1 Å². The molecule has 0 aliphatic heterocycles. The van der Waals surface area contributed by atoms with Crippen LogP contribution in [0.4, 0.5) is 5.69 Å². The van der Waals surface area contributed by atoms with Crippen molar-refractivity contribution in [1.29, 1.82) is 0 Å². The van der Waals surface area contributed by atoms with Crippen molar-refractivity contribution in [2.75, 3.05) is 16.4 Å². The van der Waals surface area contributed by atoms with Crippen LogP contribution >= 0.6 is 11.3 Å². The van der Waals surface area contributed by atoms with Crippen LogP contribution in [0.1, 0.15) is 22.2 Å². The number of thiophene rings is 1. The second kappa shape index (κ2) is 6.89. The summed E-state index contributed by atoms with van der Waals surface area (Å²) in [6.45, 7) is 1.99. The van der Waals surface area contributed by atoms with E-state index in [4.69, 9.17) is 0 Å². The van der Waals surface area contributed by atoms with E-state index in [1.807, 2.05) is 6.92 Å². The largest absolute Gasteiger partial charge is 0.284 e. The summed E-state index contributed by atoms with van der Waals surface area (Å²) in [4.78, 5) is 30.8. The van der Waals surface area contributed by atoms with Crippen molar-refractivity contribution >= 4 is 43.2 Å². The molecule has 0 bridgehead atoms. The van der Waals surface area contributed by atoms with Gasteiger partial charge in [0.25, 0.3) is 11.5 Å². The van der Waals surface area contributed by atoms with Gasteiger partial charge in [-0.05, 0) is 30.7 Å². The molecule has 8 nitrogen and oxygen atoms in total. The lowest BCUT2D eigenvalue weighted by atomic mass is 10.2. The SMILES string of the molecule is CCc1cc2c(=O)n(NC(=O)c3cccc(NS(C)(=O)=O)c3)cnc2s1. The quantitative estimate of drug-likeness (QED) is 0.688. The Labute approximate surface area is 153 Å². The van der Waals surface area contributed by atoms with Crippen LogP contribution in [0, 0.1) is 0 Å². The summed E-state index contributed by atoms with van der Waals surface area (Å²) >= 11 is 1.44. The van der Waals surface area contributed by atoms with Crippen molar-refractivity contribution in [1.82, 2.24) is 9.66 Å². The van der Waals surface area contributed by atoms with Gasteiger partial charge in [-0.3, -0.25) is 19.7 Å². The number of amides is 1. The summed E-state index contributed by atoms with van der Waals surface area (Å²) in [6, 6.07) is 7.73. The third-order valence-electron chi connectivity index (χ3n) is 3.50. The van der Waals surface area contributed by atoms with Gasteiger partial charge in [0, 0.05) is 16.1 Å². The average Bonchev–Trinajstić information content (AvgIpc) is 3.00. The summed E-state index contributed by atoms with van der Waals surface area (Å²) in [6.07, 6.45) is 3.08. The van der Waals surface area contributed by atoms with E-state index in [0.29, 0.717) is 10.2 Å². The standard InChI is InChI=1S/C16H16N4O4S2/c1-3-12-8-13-15(25-12)17-9-20(16(13)22)18-14(21)10-5-4-6-11(7-10)19-26(2,23)24/h4-9,19H,3H2,1-2H3,(H,18,21). The van der Waals surface area contributed by atoms with E-state index in [1.165, 1.54) is 35.9 Å². The maximum absolute atomic E-state index is 12.5. The number of aryl methyl sites for hydroxylation is 1. The molecule has 0 saturated carbocycles. The molecule has 2 heterocycles. The maximum atomic E-state index is 12.5. The zero-order chi connectivity index (χ0) is 18.9. The highest BCUT2D eigenvalue weighted by molar-refractivity contribution is 7.92. The molecule has 0 spiro atoms. The van der Waals surface area contributed by atoms with Gasteiger partial charge in [-0.1, -0.05) is 13.0 Å². The second-order valence-electron chi connectivity index (χ2n) is 5.60. The fraction of sp³-hybridized carbons (Fsp3) is 0.188. The summed E-state index contributed by atoms with van der Waals surface area (Å²) in [5.41, 5.74) is 2.55. The lowest BCUT2D eigenvalue weighted by molar-refractivity contribution is 0.101. The second-order valence-corrected chi connectivity index (χ2v) is 8.46. The fourth-order valence-electron chi connectivity index (χ4n) is 2.34. The summed E-state index contributed by atoms with van der Waals surface area (Å²) in [5.74, 6) is -0.559. The minimum atomic E-state index is -3.46. The van der Waals surface area contributed by atoms with Gasteiger partial charge in [0.2, 0.25) is 10.0 Å². The summed E-state index contributed by atoms with van der Waals surface area (Å²) in [5, 5.41) is 0.446. The molecule has 1 aromatic carbocycles. The zero-order valence-corrected chi connectivity index (χ0v) is 15.6.